The summed E-state index contributed by atoms with van der Waals surface area (Å²) in [6, 6.07) is 31.2. The van der Waals surface area contributed by atoms with Crippen molar-refractivity contribution in [1.29, 1.82) is 0 Å². The van der Waals surface area contributed by atoms with Crippen LogP contribution in [0.25, 0.3) is 0 Å². The largest absolute Gasteiger partial charge is 0.349 e. The number of fused-ring (bicyclic) bond motifs is 1. The first-order chi connectivity index (χ1) is 15.1. The minimum absolute atomic E-state index is 0.136. The molecule has 0 unspecified atom stereocenters. The molecule has 3 aromatic rings. The van der Waals surface area contributed by atoms with Crippen molar-refractivity contribution >= 4 is 5.91 Å². The average Bonchev–Trinajstić information content (AvgIpc) is 3.17. The number of hydrogen-bond donors (Lipinski definition) is 0. The van der Waals surface area contributed by atoms with E-state index < -0.39 is 11.1 Å². The number of hydrogen-bond acceptors (Lipinski definition) is 2. The van der Waals surface area contributed by atoms with Crippen LogP contribution in [0.1, 0.15) is 36.5 Å². The van der Waals surface area contributed by atoms with Crippen LogP contribution in [-0.4, -0.2) is 23.5 Å². The smallest absolute Gasteiger partial charge is 0.232 e. The Bertz CT molecular complexity index is 993. The number of benzene rings is 3. The van der Waals surface area contributed by atoms with Crippen LogP contribution >= 0.6 is 0 Å². The molecular weight excluding hydrogens is 382 g/mol. The highest BCUT2D eigenvalue weighted by Gasteiger charge is 2.56. The zero-order valence-corrected chi connectivity index (χ0v) is 18.0. The van der Waals surface area contributed by atoms with Crippen molar-refractivity contribution in [3.05, 3.63) is 108 Å². The summed E-state index contributed by atoms with van der Waals surface area (Å²) in [5.74, 6) is 0.223. The average molecular weight is 412 g/mol. The zero-order valence-electron chi connectivity index (χ0n) is 18.0. The van der Waals surface area contributed by atoms with E-state index in [4.69, 9.17) is 4.74 Å². The van der Waals surface area contributed by atoms with Crippen molar-refractivity contribution in [1.82, 2.24) is 4.90 Å². The van der Waals surface area contributed by atoms with Gasteiger partial charge in [0.25, 0.3) is 0 Å². The molecule has 0 aliphatic carbocycles. The van der Waals surface area contributed by atoms with Gasteiger partial charge in [-0.3, -0.25) is 4.79 Å². The van der Waals surface area contributed by atoms with E-state index in [0.717, 1.165) is 31.2 Å². The zero-order chi connectivity index (χ0) is 21.3. The highest BCUT2D eigenvalue weighted by molar-refractivity contribution is 5.85. The van der Waals surface area contributed by atoms with Crippen molar-refractivity contribution in [2.24, 2.45) is 5.41 Å². The summed E-state index contributed by atoms with van der Waals surface area (Å²) >= 11 is 0. The fourth-order valence-electron chi connectivity index (χ4n) is 5.46. The first-order valence-corrected chi connectivity index (χ1v) is 11.2. The van der Waals surface area contributed by atoms with Crippen LogP contribution in [0, 0.1) is 5.41 Å². The van der Waals surface area contributed by atoms with Gasteiger partial charge in [-0.2, -0.15) is 0 Å². The van der Waals surface area contributed by atoms with Crippen molar-refractivity contribution < 1.29 is 9.53 Å². The summed E-state index contributed by atoms with van der Waals surface area (Å²) in [6.07, 6.45) is 3.34. The number of carbonyl (C=O) groups is 1. The van der Waals surface area contributed by atoms with E-state index in [0.29, 0.717) is 6.61 Å². The Hall–Kier alpha value is -2.91. The van der Waals surface area contributed by atoms with E-state index >= 15 is 0 Å². The number of carbonyl (C=O) groups excluding carboxylic acids is 1. The molecule has 5 rings (SSSR count). The van der Waals surface area contributed by atoms with Crippen LogP contribution in [0.5, 0.6) is 0 Å². The molecule has 158 valence electrons. The molecule has 2 aliphatic heterocycles. The van der Waals surface area contributed by atoms with Crippen LogP contribution < -0.4 is 0 Å². The van der Waals surface area contributed by atoms with Gasteiger partial charge in [-0.15, -0.1) is 0 Å². The molecule has 2 saturated heterocycles. The van der Waals surface area contributed by atoms with Gasteiger partial charge in [0.2, 0.25) is 5.91 Å². The minimum atomic E-state index is -0.720. The molecule has 31 heavy (non-hydrogen) atoms. The number of rotatable bonds is 5. The van der Waals surface area contributed by atoms with Gasteiger partial charge in [-0.25, -0.2) is 0 Å². The summed E-state index contributed by atoms with van der Waals surface area (Å²) in [6.45, 7) is 2.66. The molecule has 0 spiro atoms. The predicted molar refractivity (Wildman–Crippen MR) is 122 cm³/mol. The summed E-state index contributed by atoms with van der Waals surface area (Å²) in [4.78, 5) is 16.4. The summed E-state index contributed by atoms with van der Waals surface area (Å²) < 4.78 is 6.34. The van der Waals surface area contributed by atoms with Crippen molar-refractivity contribution in [3.63, 3.8) is 0 Å². The third-order valence-corrected chi connectivity index (χ3v) is 7.09. The first-order valence-electron chi connectivity index (χ1n) is 11.2. The van der Waals surface area contributed by atoms with Gasteiger partial charge >= 0.3 is 0 Å². The van der Waals surface area contributed by atoms with Gasteiger partial charge in [0.1, 0.15) is 0 Å². The fraction of sp³-hybridized carbons (Fsp3) is 0.321. The quantitative estimate of drug-likeness (QED) is 0.566. The highest BCUT2D eigenvalue weighted by Crippen LogP contribution is 2.48. The van der Waals surface area contributed by atoms with Crippen LogP contribution in [0.15, 0.2) is 91.0 Å². The fourth-order valence-corrected chi connectivity index (χ4v) is 5.46. The molecular formula is C28H29NO2. The molecule has 2 aliphatic rings. The van der Waals surface area contributed by atoms with Gasteiger partial charge in [0.15, 0.2) is 5.72 Å². The molecule has 2 fully saturated rings. The number of piperidine rings is 1. The van der Waals surface area contributed by atoms with E-state index in [9.17, 15) is 4.79 Å². The molecule has 2 atom stereocenters. The van der Waals surface area contributed by atoms with Gasteiger partial charge < -0.3 is 9.64 Å². The molecule has 3 heteroatoms. The second-order valence-electron chi connectivity index (χ2n) is 9.13. The minimum Gasteiger partial charge on any atom is -0.349 e. The maximum atomic E-state index is 14.4. The van der Waals surface area contributed by atoms with E-state index in [1.807, 2.05) is 30.3 Å². The Labute approximate surface area is 184 Å². The summed E-state index contributed by atoms with van der Waals surface area (Å²) in [5, 5.41) is 0. The lowest BCUT2D eigenvalue weighted by Gasteiger charge is -2.48. The van der Waals surface area contributed by atoms with Gasteiger partial charge in [0.05, 0.1) is 18.1 Å². The maximum Gasteiger partial charge on any atom is 0.232 e. The summed E-state index contributed by atoms with van der Waals surface area (Å²) in [5.41, 5.74) is 2.28. The van der Waals surface area contributed by atoms with E-state index in [1.54, 1.807) is 0 Å². The van der Waals surface area contributed by atoms with Gasteiger partial charge in [-0.1, -0.05) is 91.0 Å². The Morgan fingerprint density at radius 2 is 1.35 bits per heavy atom. The number of amides is 1. The molecule has 0 bridgehead atoms. The van der Waals surface area contributed by atoms with Gasteiger partial charge in [0, 0.05) is 5.56 Å². The molecule has 1 amide bonds. The Morgan fingerprint density at radius 3 is 1.90 bits per heavy atom. The van der Waals surface area contributed by atoms with Gasteiger partial charge in [-0.05, 0) is 43.7 Å². The van der Waals surface area contributed by atoms with E-state index in [2.05, 4.69) is 72.5 Å². The number of ether oxygens (including phenoxy) is 1. The second-order valence-corrected chi connectivity index (χ2v) is 9.13. The predicted octanol–water partition coefficient (Wildman–Crippen LogP) is 5.35. The van der Waals surface area contributed by atoms with Crippen LogP contribution in [0.2, 0.25) is 0 Å². The lowest BCUT2D eigenvalue weighted by Crippen LogP contribution is -2.58. The van der Waals surface area contributed by atoms with Crippen molar-refractivity contribution in [2.75, 3.05) is 6.61 Å². The second kappa shape index (κ2) is 7.97. The third-order valence-electron chi connectivity index (χ3n) is 7.09. The van der Waals surface area contributed by atoms with E-state index in [1.165, 1.54) is 11.1 Å². The Morgan fingerprint density at radius 1 is 0.839 bits per heavy atom. The molecule has 0 N–H and O–H groups in total. The van der Waals surface area contributed by atoms with Crippen molar-refractivity contribution in [2.45, 2.75) is 44.4 Å². The summed E-state index contributed by atoms with van der Waals surface area (Å²) in [7, 11) is 0. The van der Waals surface area contributed by atoms with E-state index in [-0.39, 0.29) is 11.9 Å². The third kappa shape index (κ3) is 3.57. The maximum absolute atomic E-state index is 14.4. The van der Waals surface area contributed by atoms with Crippen LogP contribution in [0.3, 0.4) is 0 Å². The molecule has 0 saturated carbocycles. The Balaban J connectivity index is 1.56. The van der Waals surface area contributed by atoms with Crippen LogP contribution in [0.4, 0.5) is 0 Å². The topological polar surface area (TPSA) is 29.5 Å². The first kappa shape index (κ1) is 20.0. The highest BCUT2D eigenvalue weighted by atomic mass is 16.5. The molecule has 0 aromatic heterocycles. The normalized spacial score (nSPS) is 24.7. The lowest BCUT2D eigenvalue weighted by molar-refractivity contribution is -0.167. The molecule has 0 radical (unpaired) electrons. The molecule has 3 aromatic carbocycles. The molecule has 3 nitrogen and oxygen atoms in total. The SMILES string of the molecule is C[C@@]1(c2ccccc2)OC[C@@H]2CCC(Cc3ccccc3)(Cc3ccccc3)C(=O)N21. The lowest BCUT2D eigenvalue weighted by atomic mass is 9.68. The van der Waals surface area contributed by atoms with Crippen molar-refractivity contribution in [3.8, 4) is 0 Å². The monoisotopic (exact) mass is 411 g/mol. The van der Waals surface area contributed by atoms with Crippen LogP contribution in [-0.2, 0) is 28.1 Å². The Kier molecular flexibility index (Phi) is 5.15. The molecule has 2 heterocycles. The number of nitrogens with zero attached hydrogens (tertiary/aromatic N) is 1. The standard InChI is InChI=1S/C28H29NO2/c1-27(24-15-9-4-10-16-24)29-25(21-31-27)17-18-28(26(29)30,19-22-11-5-2-6-12-22)20-23-13-7-3-8-14-23/h2-16,25H,17-21H2,1H3/t25-,27-/m0/s1.